The number of rotatable bonds is 5. The number of hydrogen-bond donors (Lipinski definition) is 2. The van der Waals surface area contributed by atoms with E-state index in [-0.39, 0.29) is 16.6 Å². The quantitative estimate of drug-likeness (QED) is 0.635. The lowest BCUT2D eigenvalue weighted by molar-refractivity contribution is -0.384. The minimum Gasteiger partial charge on any atom is -0.373 e. The summed E-state index contributed by atoms with van der Waals surface area (Å²) in [4.78, 5) is 14.9. The van der Waals surface area contributed by atoms with Crippen molar-refractivity contribution >= 4 is 17.3 Å². The summed E-state index contributed by atoms with van der Waals surface area (Å²) in [6.45, 7) is 10.5. The lowest BCUT2D eigenvalue weighted by Crippen LogP contribution is -2.36. The Morgan fingerprint density at radius 2 is 1.85 bits per heavy atom. The zero-order chi connectivity index (χ0) is 15.6. The molecule has 0 unspecified atom stereocenters. The van der Waals surface area contributed by atoms with Crippen LogP contribution in [0.1, 0.15) is 41.0 Å². The van der Waals surface area contributed by atoms with Crippen molar-refractivity contribution in [1.29, 1.82) is 0 Å². The van der Waals surface area contributed by atoms with Gasteiger partial charge in [-0.1, -0.05) is 20.8 Å². The molecule has 1 heterocycles. The first kappa shape index (κ1) is 16.2. The number of hydrogen-bond acceptors (Lipinski definition) is 5. The van der Waals surface area contributed by atoms with Crippen molar-refractivity contribution < 1.29 is 4.92 Å². The molecule has 0 aliphatic carbocycles. The first-order valence-corrected chi connectivity index (χ1v) is 6.65. The van der Waals surface area contributed by atoms with Crippen LogP contribution in [0.25, 0.3) is 0 Å². The van der Waals surface area contributed by atoms with Crippen LogP contribution < -0.4 is 10.6 Å². The van der Waals surface area contributed by atoms with Gasteiger partial charge in [0.25, 0.3) is 0 Å². The summed E-state index contributed by atoms with van der Waals surface area (Å²) >= 11 is 0. The molecule has 0 spiro atoms. The Hall–Kier alpha value is -1.85. The molecule has 112 valence electrons. The molecule has 0 aliphatic rings. The summed E-state index contributed by atoms with van der Waals surface area (Å²) < 4.78 is 0. The van der Waals surface area contributed by atoms with Crippen molar-refractivity contribution in [2.45, 2.75) is 46.6 Å². The average molecular weight is 280 g/mol. The molecule has 0 fully saturated rings. The molecule has 0 aromatic carbocycles. The van der Waals surface area contributed by atoms with Crippen LogP contribution in [0.4, 0.5) is 17.3 Å². The van der Waals surface area contributed by atoms with E-state index in [0.29, 0.717) is 11.6 Å². The predicted octanol–water partition coefficient (Wildman–Crippen LogP) is 3.66. The molecule has 0 bridgehead atoms. The fourth-order valence-corrected chi connectivity index (χ4v) is 2.52. The number of nitro groups is 1. The highest BCUT2D eigenvalue weighted by molar-refractivity contribution is 5.61. The summed E-state index contributed by atoms with van der Waals surface area (Å²) in [6, 6.07) is 3.06. The van der Waals surface area contributed by atoms with Crippen LogP contribution in [0.15, 0.2) is 12.1 Å². The molecule has 1 aromatic rings. The monoisotopic (exact) mass is 280 g/mol. The Balaban J connectivity index is 3.08. The minimum absolute atomic E-state index is 0.00835. The fraction of sp³-hybridized carbons (Fsp3) is 0.643. The van der Waals surface area contributed by atoms with Crippen molar-refractivity contribution in [2.24, 2.45) is 5.41 Å². The van der Waals surface area contributed by atoms with E-state index >= 15 is 0 Å². The van der Waals surface area contributed by atoms with Gasteiger partial charge < -0.3 is 10.6 Å². The molecule has 0 saturated carbocycles. The molecule has 2 N–H and O–H groups in total. The van der Waals surface area contributed by atoms with Gasteiger partial charge in [0.15, 0.2) is 0 Å². The molecule has 1 rings (SSSR count). The summed E-state index contributed by atoms with van der Waals surface area (Å²) in [5, 5.41) is 17.2. The van der Waals surface area contributed by atoms with Gasteiger partial charge in [-0.25, -0.2) is 4.98 Å². The van der Waals surface area contributed by atoms with E-state index in [1.165, 1.54) is 6.07 Å². The van der Waals surface area contributed by atoms with E-state index in [0.717, 1.165) is 6.42 Å². The zero-order valence-electron chi connectivity index (χ0n) is 13.1. The number of pyridine rings is 1. The second kappa shape index (κ2) is 5.64. The molecule has 6 nitrogen and oxygen atoms in total. The Labute approximate surface area is 120 Å². The third kappa shape index (κ3) is 4.68. The minimum atomic E-state index is -0.415. The Bertz CT molecular complexity index is 492. The lowest BCUT2D eigenvalue weighted by atomic mass is 9.82. The van der Waals surface area contributed by atoms with Crippen LogP contribution in [0.5, 0.6) is 0 Å². The van der Waals surface area contributed by atoms with Crippen LogP contribution in [0.2, 0.25) is 0 Å². The van der Waals surface area contributed by atoms with Crippen molar-refractivity contribution in [3.05, 3.63) is 22.2 Å². The molecule has 1 aromatic heterocycles. The van der Waals surface area contributed by atoms with Gasteiger partial charge in [0.2, 0.25) is 5.82 Å². The maximum Gasteiger partial charge on any atom is 0.311 e. The molecule has 20 heavy (non-hydrogen) atoms. The maximum absolute atomic E-state index is 11.1. The number of nitrogens with one attached hydrogen (secondary N) is 2. The van der Waals surface area contributed by atoms with Crippen molar-refractivity contribution in [3.8, 4) is 0 Å². The van der Waals surface area contributed by atoms with Gasteiger partial charge in [-0.05, 0) is 31.7 Å². The normalized spacial score (nSPS) is 12.1. The highest BCUT2D eigenvalue weighted by Crippen LogP contribution is 2.32. The molecular weight excluding hydrogens is 256 g/mol. The third-order valence-electron chi connectivity index (χ3n) is 2.76. The molecule has 0 radical (unpaired) electrons. The van der Waals surface area contributed by atoms with Crippen LogP contribution >= 0.6 is 0 Å². The van der Waals surface area contributed by atoms with Gasteiger partial charge in [-0.15, -0.1) is 0 Å². The van der Waals surface area contributed by atoms with Gasteiger partial charge in [0.05, 0.1) is 4.92 Å². The zero-order valence-corrected chi connectivity index (χ0v) is 13.1. The summed E-state index contributed by atoms with van der Waals surface area (Å²) in [6.07, 6.45) is 0.864. The molecule has 0 atom stereocenters. The summed E-state index contributed by atoms with van der Waals surface area (Å²) in [5.41, 5.74) is -0.181. The fourth-order valence-electron chi connectivity index (χ4n) is 2.52. The smallest absolute Gasteiger partial charge is 0.311 e. The van der Waals surface area contributed by atoms with E-state index in [1.54, 1.807) is 13.1 Å². The first-order valence-electron chi connectivity index (χ1n) is 6.65. The molecule has 6 heteroatoms. The van der Waals surface area contributed by atoms with Gasteiger partial charge in [0, 0.05) is 18.7 Å². The van der Waals surface area contributed by atoms with Gasteiger partial charge in [-0.2, -0.15) is 0 Å². The highest BCUT2D eigenvalue weighted by atomic mass is 16.6. The Kier molecular flexibility index (Phi) is 4.57. The van der Waals surface area contributed by atoms with Crippen LogP contribution in [-0.2, 0) is 0 Å². The third-order valence-corrected chi connectivity index (χ3v) is 2.76. The van der Waals surface area contributed by atoms with Crippen molar-refractivity contribution in [1.82, 2.24) is 4.98 Å². The molecule has 0 amide bonds. The topological polar surface area (TPSA) is 80.1 Å². The Morgan fingerprint density at radius 3 is 2.30 bits per heavy atom. The average Bonchev–Trinajstić information content (AvgIpc) is 2.24. The molecular formula is C14H24N4O2. The number of aromatic nitrogens is 1. The predicted molar refractivity (Wildman–Crippen MR) is 82.2 cm³/mol. The van der Waals surface area contributed by atoms with E-state index in [4.69, 9.17) is 0 Å². The first-order chi connectivity index (χ1) is 9.04. The van der Waals surface area contributed by atoms with Gasteiger partial charge in [-0.3, -0.25) is 10.1 Å². The van der Waals surface area contributed by atoms with Crippen LogP contribution in [-0.4, -0.2) is 22.5 Å². The number of nitrogens with zero attached hydrogens (tertiary/aromatic N) is 2. The maximum atomic E-state index is 11.1. The summed E-state index contributed by atoms with van der Waals surface area (Å²) in [5.74, 6) is 0.903. The largest absolute Gasteiger partial charge is 0.373 e. The van der Waals surface area contributed by atoms with E-state index in [2.05, 4.69) is 36.4 Å². The summed E-state index contributed by atoms with van der Waals surface area (Å²) in [7, 11) is 1.73. The van der Waals surface area contributed by atoms with E-state index in [9.17, 15) is 10.1 Å². The highest BCUT2D eigenvalue weighted by Gasteiger charge is 2.28. The van der Waals surface area contributed by atoms with Gasteiger partial charge >= 0.3 is 5.69 Å². The second-order valence-corrected chi connectivity index (χ2v) is 6.82. The van der Waals surface area contributed by atoms with Crippen molar-refractivity contribution in [3.63, 3.8) is 0 Å². The van der Waals surface area contributed by atoms with Crippen LogP contribution in [0.3, 0.4) is 0 Å². The second-order valence-electron chi connectivity index (χ2n) is 6.82. The van der Waals surface area contributed by atoms with Gasteiger partial charge in [0.1, 0.15) is 5.82 Å². The molecule has 0 aliphatic heterocycles. The Morgan fingerprint density at radius 1 is 1.25 bits per heavy atom. The van der Waals surface area contributed by atoms with Crippen LogP contribution in [0, 0.1) is 15.5 Å². The van der Waals surface area contributed by atoms with E-state index in [1.807, 2.05) is 13.8 Å². The SMILES string of the molecule is CNc1ccc([N+](=O)[O-])c(NC(C)(C)CC(C)(C)C)n1. The standard InChI is InChI=1S/C14H24N4O2/c1-13(2,3)9-14(4,5)17-12-10(18(19)20)7-8-11(15-6)16-12/h7-8H,9H2,1-6H3,(H2,15,16,17). The van der Waals surface area contributed by atoms with Crippen molar-refractivity contribution in [2.75, 3.05) is 17.7 Å². The van der Waals surface area contributed by atoms with E-state index < -0.39 is 4.92 Å². The number of anilines is 2. The lowest BCUT2D eigenvalue weighted by Gasteiger charge is -2.33. The molecule has 0 saturated heterocycles.